The predicted molar refractivity (Wildman–Crippen MR) is 118 cm³/mol. The van der Waals surface area contributed by atoms with E-state index in [9.17, 15) is 22.0 Å². The highest BCUT2D eigenvalue weighted by atomic mass is 19.4. The predicted octanol–water partition coefficient (Wildman–Crippen LogP) is 6.36. The molecule has 0 fully saturated rings. The minimum atomic E-state index is -4.61. The van der Waals surface area contributed by atoms with Gasteiger partial charge in [-0.25, -0.2) is 14.4 Å². The third kappa shape index (κ3) is 6.34. The number of nitrogens with one attached hydrogen (secondary N) is 1. The summed E-state index contributed by atoms with van der Waals surface area (Å²) in [7, 11) is 0. The smallest absolute Gasteiger partial charge is 0.338 e. The standard InChI is InChI=1S/C24H23F5N4/c1-15-12-18(22-16(2)32-23(33-22)19-7-8-21(26)31-13-19)6-5-17(15)4-3-11-30-14-20(9-10-25)24(27,28)29/h5-9,12-14H,3-4,10-11H2,1-2H3,(H,32,33)/b20-9+,30-14-. The maximum atomic E-state index is 13.1. The van der Waals surface area contributed by atoms with E-state index in [1.165, 1.54) is 12.3 Å². The van der Waals surface area contributed by atoms with Crippen LogP contribution in [0.15, 0.2) is 53.2 Å². The quantitative estimate of drug-likeness (QED) is 0.183. The lowest BCUT2D eigenvalue weighted by Crippen LogP contribution is -2.13. The van der Waals surface area contributed by atoms with Crippen LogP contribution in [-0.4, -0.2) is 40.6 Å². The van der Waals surface area contributed by atoms with Crippen molar-refractivity contribution >= 4 is 6.21 Å². The number of pyridine rings is 1. The van der Waals surface area contributed by atoms with Gasteiger partial charge in [-0.2, -0.15) is 17.6 Å². The Bertz CT molecular complexity index is 1140. The van der Waals surface area contributed by atoms with Crippen molar-refractivity contribution in [3.05, 3.63) is 70.9 Å². The summed E-state index contributed by atoms with van der Waals surface area (Å²) in [5.74, 6) is 0.0331. The van der Waals surface area contributed by atoms with Crippen molar-refractivity contribution in [2.45, 2.75) is 32.9 Å². The fourth-order valence-electron chi connectivity index (χ4n) is 3.37. The Labute approximate surface area is 188 Å². The Balaban J connectivity index is 1.65. The summed E-state index contributed by atoms with van der Waals surface area (Å²) in [4.78, 5) is 15.2. The van der Waals surface area contributed by atoms with Crippen LogP contribution < -0.4 is 0 Å². The molecule has 33 heavy (non-hydrogen) atoms. The van der Waals surface area contributed by atoms with Crippen LogP contribution in [0.5, 0.6) is 0 Å². The van der Waals surface area contributed by atoms with E-state index in [0.717, 1.165) is 28.1 Å². The Morgan fingerprint density at radius 2 is 1.88 bits per heavy atom. The molecular formula is C24H23F5N4. The number of hydrogen-bond acceptors (Lipinski definition) is 3. The van der Waals surface area contributed by atoms with E-state index >= 15 is 0 Å². The number of aliphatic imine (C=N–C) groups is 1. The van der Waals surface area contributed by atoms with Crippen molar-refractivity contribution in [1.29, 1.82) is 0 Å². The second-order valence-electron chi connectivity index (χ2n) is 7.51. The molecule has 2 aromatic heterocycles. The SMILES string of the molecule is Cc1cc(-c2[nH]c(-c3ccc(F)nc3)nc2C)ccc1CCC/N=C\C(=C/CF)C(F)(F)F. The van der Waals surface area contributed by atoms with Crippen LogP contribution in [-0.2, 0) is 6.42 Å². The first-order valence-corrected chi connectivity index (χ1v) is 10.3. The van der Waals surface area contributed by atoms with Crippen LogP contribution in [0, 0.1) is 19.8 Å². The average Bonchev–Trinajstić information content (AvgIpc) is 3.15. The molecule has 0 spiro atoms. The van der Waals surface area contributed by atoms with Crippen molar-refractivity contribution in [1.82, 2.24) is 15.0 Å². The van der Waals surface area contributed by atoms with E-state index in [1.54, 1.807) is 6.07 Å². The molecule has 2 heterocycles. The monoisotopic (exact) mass is 462 g/mol. The Hall–Kier alpha value is -3.36. The van der Waals surface area contributed by atoms with Crippen molar-refractivity contribution in [3.8, 4) is 22.6 Å². The largest absolute Gasteiger partial charge is 0.417 e. The van der Waals surface area contributed by atoms with Gasteiger partial charge in [0.2, 0.25) is 5.95 Å². The first kappa shape index (κ1) is 24.3. The average molecular weight is 462 g/mol. The Kier molecular flexibility index (Phi) is 7.73. The van der Waals surface area contributed by atoms with E-state index in [-0.39, 0.29) is 6.54 Å². The van der Waals surface area contributed by atoms with Gasteiger partial charge in [0.25, 0.3) is 0 Å². The number of halogens is 5. The Morgan fingerprint density at radius 3 is 2.52 bits per heavy atom. The molecule has 0 aliphatic rings. The number of aromatic nitrogens is 3. The highest BCUT2D eigenvalue weighted by molar-refractivity contribution is 5.80. The van der Waals surface area contributed by atoms with Crippen molar-refractivity contribution in [3.63, 3.8) is 0 Å². The maximum absolute atomic E-state index is 13.1. The zero-order valence-electron chi connectivity index (χ0n) is 18.2. The molecule has 9 heteroatoms. The summed E-state index contributed by atoms with van der Waals surface area (Å²) < 4.78 is 63.4. The minimum Gasteiger partial charge on any atom is -0.338 e. The first-order valence-electron chi connectivity index (χ1n) is 10.3. The molecule has 1 aromatic carbocycles. The molecule has 0 atom stereocenters. The van der Waals surface area contributed by atoms with E-state index in [2.05, 4.69) is 19.9 Å². The summed E-state index contributed by atoms with van der Waals surface area (Å²) in [5.41, 5.74) is 4.26. The Morgan fingerprint density at radius 1 is 1.12 bits per heavy atom. The molecule has 0 saturated carbocycles. The van der Waals surface area contributed by atoms with Gasteiger partial charge in [-0.05, 0) is 62.1 Å². The molecule has 0 radical (unpaired) electrons. The number of rotatable bonds is 8. The van der Waals surface area contributed by atoms with Gasteiger partial charge in [-0.1, -0.05) is 12.1 Å². The van der Waals surface area contributed by atoms with Gasteiger partial charge in [-0.15, -0.1) is 0 Å². The number of H-pyrrole nitrogens is 1. The minimum absolute atomic E-state index is 0.204. The highest BCUT2D eigenvalue weighted by Crippen LogP contribution is 2.28. The van der Waals surface area contributed by atoms with Gasteiger partial charge < -0.3 is 4.98 Å². The normalized spacial score (nSPS) is 12.6. The van der Waals surface area contributed by atoms with Gasteiger partial charge in [0, 0.05) is 30.1 Å². The van der Waals surface area contributed by atoms with Gasteiger partial charge >= 0.3 is 6.18 Å². The summed E-state index contributed by atoms with van der Waals surface area (Å²) in [5, 5.41) is 0. The molecule has 0 unspecified atom stereocenters. The van der Waals surface area contributed by atoms with Crippen LogP contribution in [0.4, 0.5) is 22.0 Å². The molecule has 0 bridgehead atoms. The lowest BCUT2D eigenvalue weighted by molar-refractivity contribution is -0.0859. The number of aryl methyl sites for hydroxylation is 3. The molecule has 3 rings (SSSR count). The number of imidazole rings is 1. The molecule has 3 aromatic rings. The molecule has 4 nitrogen and oxygen atoms in total. The highest BCUT2D eigenvalue weighted by Gasteiger charge is 2.32. The van der Waals surface area contributed by atoms with Crippen molar-refractivity contribution in [2.75, 3.05) is 13.2 Å². The summed E-state index contributed by atoms with van der Waals surface area (Å²) in [6.07, 6.45) is -0.833. The number of aromatic amines is 1. The zero-order chi connectivity index (χ0) is 24.0. The van der Waals surface area contributed by atoms with Crippen LogP contribution in [0.3, 0.4) is 0 Å². The number of benzene rings is 1. The zero-order valence-corrected chi connectivity index (χ0v) is 18.2. The summed E-state index contributed by atoms with van der Waals surface area (Å²) in [6, 6.07) is 8.81. The lowest BCUT2D eigenvalue weighted by atomic mass is 9.99. The number of nitrogens with zero attached hydrogens (tertiary/aromatic N) is 3. The topological polar surface area (TPSA) is 53.9 Å². The number of allylic oxidation sites excluding steroid dienone is 2. The fraction of sp³-hybridized carbons (Fsp3) is 0.292. The second kappa shape index (κ2) is 10.5. The maximum Gasteiger partial charge on any atom is 0.417 e. The molecule has 0 amide bonds. The van der Waals surface area contributed by atoms with Gasteiger partial charge in [-0.3, -0.25) is 4.99 Å². The van der Waals surface area contributed by atoms with E-state index in [0.29, 0.717) is 36.5 Å². The third-order valence-corrected chi connectivity index (χ3v) is 5.10. The van der Waals surface area contributed by atoms with Crippen molar-refractivity contribution < 1.29 is 22.0 Å². The van der Waals surface area contributed by atoms with E-state index < -0.39 is 24.4 Å². The van der Waals surface area contributed by atoms with Crippen molar-refractivity contribution in [2.24, 2.45) is 4.99 Å². The summed E-state index contributed by atoms with van der Waals surface area (Å²) >= 11 is 0. The second-order valence-corrected chi connectivity index (χ2v) is 7.51. The van der Waals surface area contributed by atoms with E-state index in [4.69, 9.17) is 0 Å². The van der Waals surface area contributed by atoms with Crippen LogP contribution in [0.1, 0.15) is 23.2 Å². The van der Waals surface area contributed by atoms with Gasteiger partial charge in [0.1, 0.15) is 12.5 Å². The molecule has 1 N–H and O–H groups in total. The molecule has 0 aliphatic carbocycles. The third-order valence-electron chi connectivity index (χ3n) is 5.10. The molecular weight excluding hydrogens is 439 g/mol. The number of alkyl halides is 4. The molecule has 0 aliphatic heterocycles. The fourth-order valence-corrected chi connectivity index (χ4v) is 3.37. The number of hydrogen-bond donors (Lipinski definition) is 1. The summed E-state index contributed by atoms with van der Waals surface area (Å²) in [6.45, 7) is 2.85. The van der Waals surface area contributed by atoms with Gasteiger partial charge in [0.15, 0.2) is 0 Å². The van der Waals surface area contributed by atoms with Crippen LogP contribution >= 0.6 is 0 Å². The molecule has 174 valence electrons. The van der Waals surface area contributed by atoms with E-state index in [1.807, 2.05) is 32.0 Å². The first-order chi connectivity index (χ1) is 15.7. The van der Waals surface area contributed by atoms with Gasteiger partial charge in [0.05, 0.1) is 17.0 Å². The van der Waals surface area contributed by atoms with Crippen LogP contribution in [0.25, 0.3) is 22.6 Å². The lowest BCUT2D eigenvalue weighted by Gasteiger charge is -2.08. The molecule has 0 saturated heterocycles. The van der Waals surface area contributed by atoms with Crippen LogP contribution in [0.2, 0.25) is 0 Å².